The Kier molecular flexibility index (Phi) is 6.83. The third-order valence-electron chi connectivity index (χ3n) is 2.43. The number of alkyl halides is 2. The largest absolute Gasteiger partial charge is 0.488 e. The van der Waals surface area contributed by atoms with E-state index in [1.165, 1.54) is 24.3 Å². The topological polar surface area (TPSA) is 81.4 Å². The van der Waals surface area contributed by atoms with E-state index < -0.39 is 23.1 Å². The van der Waals surface area contributed by atoms with E-state index in [9.17, 15) is 17.2 Å². The van der Waals surface area contributed by atoms with Gasteiger partial charge in [-0.2, -0.15) is 0 Å². The summed E-state index contributed by atoms with van der Waals surface area (Å²) in [6.45, 7) is 0.102. The van der Waals surface area contributed by atoms with Crippen molar-refractivity contribution in [2.75, 3.05) is 19.7 Å². The van der Waals surface area contributed by atoms with E-state index in [2.05, 4.69) is 4.72 Å². The van der Waals surface area contributed by atoms with Crippen LogP contribution in [0.4, 0.5) is 8.78 Å². The summed E-state index contributed by atoms with van der Waals surface area (Å²) in [5.74, 6) is 0.201. The molecule has 114 valence electrons. The highest BCUT2D eigenvalue weighted by Gasteiger charge is 2.13. The molecule has 0 spiro atoms. The molecule has 1 rings (SSSR count). The van der Waals surface area contributed by atoms with Gasteiger partial charge in [0.25, 0.3) is 6.43 Å². The molecular formula is C12H18F2N2O3S. The second kappa shape index (κ2) is 8.13. The van der Waals surface area contributed by atoms with Gasteiger partial charge >= 0.3 is 0 Å². The number of nitrogens with two attached hydrogens (primary N) is 1. The number of hydrogen-bond acceptors (Lipinski definition) is 4. The van der Waals surface area contributed by atoms with E-state index in [-0.39, 0.29) is 10.6 Å². The van der Waals surface area contributed by atoms with Crippen molar-refractivity contribution in [1.29, 1.82) is 0 Å². The fourth-order valence-corrected chi connectivity index (χ4v) is 2.51. The SMILES string of the molecule is NCCCCNS(=O)(=O)c1ccc(OCC(F)F)cc1. The maximum atomic E-state index is 12.0. The van der Waals surface area contributed by atoms with Gasteiger partial charge in [-0.3, -0.25) is 0 Å². The van der Waals surface area contributed by atoms with Gasteiger partial charge in [0, 0.05) is 6.54 Å². The summed E-state index contributed by atoms with van der Waals surface area (Å²) >= 11 is 0. The van der Waals surface area contributed by atoms with Gasteiger partial charge in [-0.25, -0.2) is 21.9 Å². The molecule has 0 fully saturated rings. The van der Waals surface area contributed by atoms with Gasteiger partial charge in [-0.05, 0) is 43.7 Å². The highest BCUT2D eigenvalue weighted by atomic mass is 32.2. The molecule has 1 aromatic carbocycles. The zero-order chi connectivity index (χ0) is 15.0. The van der Waals surface area contributed by atoms with Crippen molar-refractivity contribution in [3.63, 3.8) is 0 Å². The molecule has 5 nitrogen and oxygen atoms in total. The normalized spacial score (nSPS) is 11.8. The molecule has 0 atom stereocenters. The summed E-state index contributed by atoms with van der Waals surface area (Å²) in [5, 5.41) is 0. The van der Waals surface area contributed by atoms with Crippen LogP contribution in [0.2, 0.25) is 0 Å². The standard InChI is InChI=1S/C12H18F2N2O3S/c13-12(14)9-19-10-3-5-11(6-4-10)20(17,18)16-8-2-1-7-15/h3-6,12,16H,1-2,7-9,15H2. The van der Waals surface area contributed by atoms with Crippen molar-refractivity contribution in [2.45, 2.75) is 24.2 Å². The van der Waals surface area contributed by atoms with E-state index in [0.717, 1.165) is 6.42 Å². The molecule has 0 aliphatic carbocycles. The second-order valence-electron chi connectivity index (χ2n) is 4.07. The van der Waals surface area contributed by atoms with E-state index >= 15 is 0 Å². The molecule has 0 aromatic heterocycles. The second-order valence-corrected chi connectivity index (χ2v) is 5.83. The predicted molar refractivity (Wildman–Crippen MR) is 71.4 cm³/mol. The maximum Gasteiger partial charge on any atom is 0.272 e. The van der Waals surface area contributed by atoms with Crippen molar-refractivity contribution >= 4 is 10.0 Å². The highest BCUT2D eigenvalue weighted by molar-refractivity contribution is 7.89. The summed E-state index contributed by atoms with van der Waals surface area (Å²) in [7, 11) is -3.58. The lowest BCUT2D eigenvalue weighted by Gasteiger charge is -2.08. The Hall–Kier alpha value is -1.25. The smallest absolute Gasteiger partial charge is 0.272 e. The van der Waals surface area contributed by atoms with Crippen LogP contribution in [0.15, 0.2) is 29.2 Å². The molecule has 0 saturated carbocycles. The Balaban J connectivity index is 2.57. The Bertz CT molecular complexity index is 492. The van der Waals surface area contributed by atoms with Crippen LogP contribution in [0.5, 0.6) is 5.75 Å². The Labute approximate surface area is 117 Å². The fourth-order valence-electron chi connectivity index (χ4n) is 1.43. The lowest BCUT2D eigenvalue weighted by atomic mass is 10.3. The van der Waals surface area contributed by atoms with Gasteiger partial charge in [0.2, 0.25) is 10.0 Å². The van der Waals surface area contributed by atoms with Crippen LogP contribution in [-0.4, -0.2) is 34.5 Å². The van der Waals surface area contributed by atoms with E-state index in [4.69, 9.17) is 10.5 Å². The summed E-state index contributed by atoms with van der Waals surface area (Å²) in [6.07, 6.45) is -1.17. The van der Waals surface area contributed by atoms with E-state index in [1.807, 2.05) is 0 Å². The van der Waals surface area contributed by atoms with Crippen molar-refractivity contribution in [3.05, 3.63) is 24.3 Å². The first kappa shape index (κ1) is 16.8. The van der Waals surface area contributed by atoms with Crippen LogP contribution in [0.3, 0.4) is 0 Å². The Morgan fingerprint density at radius 2 is 1.85 bits per heavy atom. The van der Waals surface area contributed by atoms with Crippen LogP contribution >= 0.6 is 0 Å². The minimum atomic E-state index is -3.58. The third kappa shape index (κ3) is 5.81. The van der Waals surface area contributed by atoms with Crippen LogP contribution in [0.1, 0.15) is 12.8 Å². The van der Waals surface area contributed by atoms with Crippen molar-refractivity contribution in [3.8, 4) is 5.75 Å². The molecule has 0 saturated heterocycles. The molecular weight excluding hydrogens is 290 g/mol. The number of ether oxygens (including phenoxy) is 1. The minimum Gasteiger partial charge on any atom is -0.488 e. The highest BCUT2D eigenvalue weighted by Crippen LogP contribution is 2.16. The van der Waals surface area contributed by atoms with Gasteiger partial charge in [-0.1, -0.05) is 0 Å². The molecule has 0 amide bonds. The molecule has 8 heteroatoms. The minimum absolute atomic E-state index is 0.0645. The number of nitrogens with one attached hydrogen (secondary N) is 1. The summed E-state index contributed by atoms with van der Waals surface area (Å²) in [4.78, 5) is 0.0645. The van der Waals surface area contributed by atoms with E-state index in [1.54, 1.807) is 0 Å². The first-order chi connectivity index (χ1) is 9.45. The van der Waals surface area contributed by atoms with Gasteiger partial charge in [0.05, 0.1) is 4.90 Å². The molecule has 1 aromatic rings. The average Bonchev–Trinajstić information content (AvgIpc) is 2.42. The van der Waals surface area contributed by atoms with Crippen LogP contribution < -0.4 is 15.2 Å². The molecule has 0 radical (unpaired) electrons. The molecule has 20 heavy (non-hydrogen) atoms. The van der Waals surface area contributed by atoms with E-state index in [0.29, 0.717) is 19.5 Å². The lowest BCUT2D eigenvalue weighted by molar-refractivity contribution is 0.0819. The third-order valence-corrected chi connectivity index (χ3v) is 3.91. The predicted octanol–water partition coefficient (Wildman–Crippen LogP) is 1.35. The number of sulfonamides is 1. The van der Waals surface area contributed by atoms with Crippen molar-refractivity contribution < 1.29 is 21.9 Å². The first-order valence-electron chi connectivity index (χ1n) is 6.16. The zero-order valence-electron chi connectivity index (χ0n) is 10.9. The summed E-state index contributed by atoms with van der Waals surface area (Å²) < 4.78 is 54.8. The molecule has 0 bridgehead atoms. The van der Waals surface area contributed by atoms with Gasteiger partial charge in [0.15, 0.2) is 0 Å². The average molecular weight is 308 g/mol. The van der Waals surface area contributed by atoms with Gasteiger partial charge in [-0.15, -0.1) is 0 Å². The van der Waals surface area contributed by atoms with Gasteiger partial charge < -0.3 is 10.5 Å². The van der Waals surface area contributed by atoms with Gasteiger partial charge in [0.1, 0.15) is 12.4 Å². The number of benzene rings is 1. The summed E-state index contributed by atoms with van der Waals surface area (Å²) in [5.41, 5.74) is 5.31. The number of halogens is 2. The molecule has 0 heterocycles. The zero-order valence-corrected chi connectivity index (χ0v) is 11.7. The van der Waals surface area contributed by atoms with Crippen molar-refractivity contribution in [1.82, 2.24) is 4.72 Å². The van der Waals surface area contributed by atoms with Crippen LogP contribution in [0.25, 0.3) is 0 Å². The molecule has 3 N–H and O–H groups in total. The maximum absolute atomic E-state index is 12.0. The summed E-state index contributed by atoms with van der Waals surface area (Å²) in [6, 6.07) is 5.31. The number of unbranched alkanes of at least 4 members (excludes halogenated alkanes) is 1. The Morgan fingerprint density at radius 3 is 2.40 bits per heavy atom. The number of hydrogen-bond donors (Lipinski definition) is 2. The monoisotopic (exact) mass is 308 g/mol. The Morgan fingerprint density at radius 1 is 1.20 bits per heavy atom. The molecule has 0 aliphatic rings. The fraction of sp³-hybridized carbons (Fsp3) is 0.500. The first-order valence-corrected chi connectivity index (χ1v) is 7.65. The van der Waals surface area contributed by atoms with Crippen LogP contribution in [0, 0.1) is 0 Å². The van der Waals surface area contributed by atoms with Crippen molar-refractivity contribution in [2.24, 2.45) is 5.73 Å². The lowest BCUT2D eigenvalue weighted by Crippen LogP contribution is -2.25. The van der Waals surface area contributed by atoms with Crippen LogP contribution in [-0.2, 0) is 10.0 Å². The number of rotatable bonds is 9. The quantitative estimate of drug-likeness (QED) is 0.675. The molecule has 0 unspecified atom stereocenters. The molecule has 0 aliphatic heterocycles.